The number of hydrogen-bond donors (Lipinski definition) is 2. The van der Waals surface area contributed by atoms with Crippen molar-refractivity contribution in [2.45, 2.75) is 135 Å². The number of nitrogen functional groups attached to an aromatic ring is 1. The summed E-state index contributed by atoms with van der Waals surface area (Å²) >= 11 is 0. The Labute approximate surface area is 192 Å². The summed E-state index contributed by atoms with van der Waals surface area (Å²) in [5, 5.41) is 10.1. The molecular formula is C28H49NO2. The molecule has 178 valence electrons. The molecule has 1 rings (SSSR count). The van der Waals surface area contributed by atoms with E-state index < -0.39 is 0 Å². The average molecular weight is 432 g/mol. The molecular weight excluding hydrogens is 382 g/mol. The highest BCUT2D eigenvalue weighted by Crippen LogP contribution is 2.17. The lowest BCUT2D eigenvalue weighted by atomic mass is 9.99. The van der Waals surface area contributed by atoms with Crippen molar-refractivity contribution in [2.24, 2.45) is 0 Å². The molecule has 0 aliphatic heterocycles. The molecule has 1 unspecified atom stereocenters. The number of para-hydroxylation sites is 1. The number of benzene rings is 1. The summed E-state index contributed by atoms with van der Waals surface area (Å²) in [4.78, 5) is 12.2. The smallest absolute Gasteiger partial charge is 0.165 e. The summed E-state index contributed by atoms with van der Waals surface area (Å²) in [6.07, 6.45) is 23.0. The van der Waals surface area contributed by atoms with Gasteiger partial charge in [-0.2, -0.15) is 0 Å². The number of hydrogen-bond acceptors (Lipinski definition) is 3. The second kappa shape index (κ2) is 19.3. The molecule has 0 amide bonds. The predicted octanol–water partition coefficient (Wildman–Crippen LogP) is 8.24. The zero-order chi connectivity index (χ0) is 22.6. The van der Waals surface area contributed by atoms with Crippen LogP contribution in [0, 0.1) is 0 Å². The first kappa shape index (κ1) is 27.7. The number of unbranched alkanes of at least 4 members (excludes halogenated alkanes) is 15. The van der Waals surface area contributed by atoms with E-state index in [4.69, 9.17) is 5.73 Å². The number of nitrogens with two attached hydrogens (primary N) is 1. The van der Waals surface area contributed by atoms with Gasteiger partial charge in [-0.1, -0.05) is 122 Å². The average Bonchev–Trinajstić information content (AvgIpc) is 2.77. The van der Waals surface area contributed by atoms with E-state index in [0.717, 1.165) is 12.8 Å². The van der Waals surface area contributed by atoms with Crippen molar-refractivity contribution >= 4 is 11.5 Å². The summed E-state index contributed by atoms with van der Waals surface area (Å²) in [5.74, 6) is 0.0316. The van der Waals surface area contributed by atoms with E-state index in [-0.39, 0.29) is 11.9 Å². The molecule has 0 fully saturated rings. The van der Waals surface area contributed by atoms with Gasteiger partial charge < -0.3 is 10.8 Å². The first-order valence-corrected chi connectivity index (χ1v) is 13.2. The Morgan fingerprint density at radius 3 is 1.68 bits per heavy atom. The van der Waals surface area contributed by atoms with E-state index in [0.29, 0.717) is 24.1 Å². The molecule has 3 nitrogen and oxygen atoms in total. The number of carbonyl (C=O) groups excluding carboxylic acids is 1. The predicted molar refractivity (Wildman–Crippen MR) is 135 cm³/mol. The Hall–Kier alpha value is -1.35. The fraction of sp³-hybridized carbons (Fsp3) is 0.750. The minimum atomic E-state index is -0.375. The van der Waals surface area contributed by atoms with Crippen LogP contribution in [0.1, 0.15) is 139 Å². The molecule has 3 heteroatoms. The molecule has 0 saturated carbocycles. The molecule has 3 N–H and O–H groups in total. The third-order valence-electron chi connectivity index (χ3n) is 6.36. The molecule has 0 aliphatic rings. The van der Waals surface area contributed by atoms with Crippen molar-refractivity contribution in [3.05, 3.63) is 29.8 Å². The van der Waals surface area contributed by atoms with E-state index in [9.17, 15) is 9.90 Å². The van der Waals surface area contributed by atoms with E-state index >= 15 is 0 Å². The molecule has 31 heavy (non-hydrogen) atoms. The fourth-order valence-electron chi connectivity index (χ4n) is 4.26. The van der Waals surface area contributed by atoms with E-state index in [1.54, 1.807) is 12.1 Å². The van der Waals surface area contributed by atoms with Gasteiger partial charge in [-0.25, -0.2) is 0 Å². The zero-order valence-electron chi connectivity index (χ0n) is 20.3. The Balaban J connectivity index is 1.84. The second-order valence-corrected chi connectivity index (χ2v) is 9.29. The van der Waals surface area contributed by atoms with Crippen LogP contribution in [0.5, 0.6) is 0 Å². The van der Waals surface area contributed by atoms with E-state index in [1.807, 2.05) is 12.1 Å². The van der Waals surface area contributed by atoms with Gasteiger partial charge in [-0.15, -0.1) is 0 Å². The molecule has 0 saturated heterocycles. The number of ketones is 1. The lowest BCUT2D eigenvalue weighted by Crippen LogP contribution is -2.11. The Kier molecular flexibility index (Phi) is 17.3. The lowest BCUT2D eigenvalue weighted by molar-refractivity contribution is 0.0931. The third-order valence-corrected chi connectivity index (χ3v) is 6.36. The molecule has 0 aliphatic carbocycles. The number of carbonyl (C=O) groups is 1. The Bertz CT molecular complexity index is 558. The van der Waals surface area contributed by atoms with Crippen LogP contribution in [0.2, 0.25) is 0 Å². The molecule has 1 aromatic carbocycles. The van der Waals surface area contributed by atoms with Crippen molar-refractivity contribution < 1.29 is 9.90 Å². The standard InChI is InChI=1S/C28H49NO2/c1-2-3-4-5-6-7-8-9-10-11-12-13-14-15-16-17-20-25(30)23-24-28(31)26-21-18-19-22-27(26)29/h18-19,21-22,25,30H,2-17,20,23-24,29H2,1H3. The summed E-state index contributed by atoms with van der Waals surface area (Å²) in [7, 11) is 0. The summed E-state index contributed by atoms with van der Waals surface area (Å²) in [5.41, 5.74) is 6.96. The number of anilines is 1. The number of rotatable bonds is 21. The van der Waals surface area contributed by atoms with Crippen LogP contribution < -0.4 is 5.73 Å². The van der Waals surface area contributed by atoms with Gasteiger partial charge in [0.25, 0.3) is 0 Å². The van der Waals surface area contributed by atoms with Crippen LogP contribution in [0.15, 0.2) is 24.3 Å². The van der Waals surface area contributed by atoms with Crippen LogP contribution >= 0.6 is 0 Å². The highest BCUT2D eigenvalue weighted by Gasteiger charge is 2.12. The molecule has 0 spiro atoms. The first-order chi connectivity index (χ1) is 15.1. The maximum Gasteiger partial charge on any atom is 0.165 e. The van der Waals surface area contributed by atoms with Gasteiger partial charge in [0.1, 0.15) is 0 Å². The largest absolute Gasteiger partial charge is 0.398 e. The van der Waals surface area contributed by atoms with Gasteiger partial charge in [0, 0.05) is 17.7 Å². The highest BCUT2D eigenvalue weighted by molar-refractivity contribution is 6.00. The number of Topliss-reactive ketones (excluding diaryl/α,β-unsaturated/α-hetero) is 1. The van der Waals surface area contributed by atoms with Crippen molar-refractivity contribution in [3.8, 4) is 0 Å². The molecule has 0 heterocycles. The fourth-order valence-corrected chi connectivity index (χ4v) is 4.26. The topological polar surface area (TPSA) is 63.3 Å². The van der Waals surface area contributed by atoms with Gasteiger partial charge in [-0.05, 0) is 25.0 Å². The molecule has 1 atom stereocenters. The molecule has 0 aromatic heterocycles. The quantitative estimate of drug-likeness (QED) is 0.117. The second-order valence-electron chi connectivity index (χ2n) is 9.29. The minimum absolute atomic E-state index is 0.0316. The summed E-state index contributed by atoms with van der Waals surface area (Å²) in [6, 6.07) is 7.18. The third kappa shape index (κ3) is 15.1. The molecule has 0 radical (unpaired) electrons. The minimum Gasteiger partial charge on any atom is -0.398 e. The molecule has 1 aromatic rings. The maximum atomic E-state index is 12.2. The van der Waals surface area contributed by atoms with Gasteiger partial charge in [-0.3, -0.25) is 4.79 Å². The van der Waals surface area contributed by atoms with Crippen molar-refractivity contribution in [2.75, 3.05) is 5.73 Å². The Morgan fingerprint density at radius 1 is 0.742 bits per heavy atom. The summed E-state index contributed by atoms with van der Waals surface area (Å²) in [6.45, 7) is 2.28. The van der Waals surface area contributed by atoms with Crippen molar-refractivity contribution in [1.82, 2.24) is 0 Å². The van der Waals surface area contributed by atoms with Crippen LogP contribution in [0.25, 0.3) is 0 Å². The SMILES string of the molecule is CCCCCCCCCCCCCCCCCCC(O)CCC(=O)c1ccccc1N. The van der Waals surface area contributed by atoms with E-state index in [2.05, 4.69) is 6.92 Å². The van der Waals surface area contributed by atoms with Gasteiger partial charge >= 0.3 is 0 Å². The summed E-state index contributed by atoms with van der Waals surface area (Å²) < 4.78 is 0. The zero-order valence-corrected chi connectivity index (χ0v) is 20.3. The van der Waals surface area contributed by atoms with Crippen molar-refractivity contribution in [3.63, 3.8) is 0 Å². The monoisotopic (exact) mass is 431 g/mol. The van der Waals surface area contributed by atoms with Crippen LogP contribution in [0.4, 0.5) is 5.69 Å². The number of aliphatic hydroxyl groups excluding tert-OH is 1. The highest BCUT2D eigenvalue weighted by atomic mass is 16.3. The molecule has 0 bridgehead atoms. The van der Waals surface area contributed by atoms with Crippen LogP contribution in [0.3, 0.4) is 0 Å². The lowest BCUT2D eigenvalue weighted by Gasteiger charge is -2.10. The Morgan fingerprint density at radius 2 is 1.19 bits per heavy atom. The van der Waals surface area contributed by atoms with Gasteiger partial charge in [0.05, 0.1) is 6.10 Å². The number of aliphatic hydroxyl groups is 1. The van der Waals surface area contributed by atoms with Gasteiger partial charge in [0.15, 0.2) is 5.78 Å². The van der Waals surface area contributed by atoms with Crippen LogP contribution in [-0.2, 0) is 0 Å². The normalized spacial score (nSPS) is 12.2. The van der Waals surface area contributed by atoms with Crippen molar-refractivity contribution in [1.29, 1.82) is 0 Å². The van der Waals surface area contributed by atoms with Gasteiger partial charge in [0.2, 0.25) is 0 Å². The van der Waals surface area contributed by atoms with Crippen LogP contribution in [-0.4, -0.2) is 17.0 Å². The first-order valence-electron chi connectivity index (χ1n) is 13.2. The maximum absolute atomic E-state index is 12.2. The van der Waals surface area contributed by atoms with E-state index in [1.165, 1.54) is 96.3 Å².